The molecule has 0 saturated heterocycles. The molecule has 0 heterocycles. The topological polar surface area (TPSA) is 41.5 Å². The maximum Gasteiger partial charge on any atom is 0.261 e. The number of alkyl halides is 2. The summed E-state index contributed by atoms with van der Waals surface area (Å²) in [6, 6.07) is 6.88. The number of benzene rings is 1. The molecule has 1 atom stereocenters. The molecule has 0 bridgehead atoms. The number of halogens is 3. The second-order valence-corrected chi connectivity index (χ2v) is 4.17. The molecule has 2 N–H and O–H groups in total. The fourth-order valence-electron chi connectivity index (χ4n) is 1.36. The van der Waals surface area contributed by atoms with Crippen molar-refractivity contribution in [2.75, 3.05) is 26.3 Å². The molecular formula is C12H16ClF2NO2. The minimum absolute atomic E-state index is 0.192. The molecule has 1 rings (SSSR count). The summed E-state index contributed by atoms with van der Waals surface area (Å²) in [6.07, 6.45) is -3.10. The normalized spacial score (nSPS) is 12.9. The first kappa shape index (κ1) is 15.3. The van der Waals surface area contributed by atoms with Crippen LogP contribution in [-0.2, 0) is 4.74 Å². The summed E-state index contributed by atoms with van der Waals surface area (Å²) in [5, 5.41) is 13.3. The minimum Gasteiger partial charge on any atom is -0.387 e. The molecule has 0 amide bonds. The summed E-state index contributed by atoms with van der Waals surface area (Å²) in [6.45, 7) is 0.385. The van der Waals surface area contributed by atoms with E-state index < -0.39 is 19.1 Å². The Labute approximate surface area is 110 Å². The van der Waals surface area contributed by atoms with Crippen molar-refractivity contribution in [1.29, 1.82) is 0 Å². The number of rotatable bonds is 8. The predicted octanol–water partition coefficient (Wildman–Crippen LogP) is 2.24. The van der Waals surface area contributed by atoms with Crippen molar-refractivity contribution >= 4 is 11.6 Å². The number of hydrogen-bond donors (Lipinski definition) is 2. The van der Waals surface area contributed by atoms with Gasteiger partial charge in [-0.15, -0.1) is 0 Å². The SMILES string of the molecule is OC(CNCCOCC(F)F)c1ccc(Cl)cc1. The van der Waals surface area contributed by atoms with Gasteiger partial charge in [0, 0.05) is 18.1 Å². The Morgan fingerprint density at radius 2 is 1.94 bits per heavy atom. The summed E-state index contributed by atoms with van der Waals surface area (Å²) in [4.78, 5) is 0. The third kappa shape index (κ3) is 6.26. The third-order valence-corrected chi connectivity index (χ3v) is 2.51. The highest BCUT2D eigenvalue weighted by Crippen LogP contribution is 2.15. The summed E-state index contributed by atoms with van der Waals surface area (Å²) >= 11 is 5.73. The average Bonchev–Trinajstić information content (AvgIpc) is 2.34. The van der Waals surface area contributed by atoms with Crippen molar-refractivity contribution in [1.82, 2.24) is 5.32 Å². The Hall–Kier alpha value is -0.750. The van der Waals surface area contributed by atoms with E-state index in [4.69, 9.17) is 11.6 Å². The van der Waals surface area contributed by atoms with Gasteiger partial charge >= 0.3 is 0 Å². The quantitative estimate of drug-likeness (QED) is 0.717. The Morgan fingerprint density at radius 1 is 1.28 bits per heavy atom. The lowest BCUT2D eigenvalue weighted by Crippen LogP contribution is -2.26. The fourth-order valence-corrected chi connectivity index (χ4v) is 1.48. The predicted molar refractivity (Wildman–Crippen MR) is 66.1 cm³/mol. The van der Waals surface area contributed by atoms with Crippen molar-refractivity contribution in [2.24, 2.45) is 0 Å². The number of hydrogen-bond acceptors (Lipinski definition) is 3. The molecule has 0 aliphatic carbocycles. The van der Waals surface area contributed by atoms with Crippen molar-refractivity contribution in [3.05, 3.63) is 34.9 Å². The highest BCUT2D eigenvalue weighted by atomic mass is 35.5. The smallest absolute Gasteiger partial charge is 0.261 e. The van der Waals surface area contributed by atoms with E-state index in [0.717, 1.165) is 5.56 Å². The molecule has 0 radical (unpaired) electrons. The van der Waals surface area contributed by atoms with Crippen LogP contribution in [0, 0.1) is 0 Å². The zero-order chi connectivity index (χ0) is 13.4. The highest BCUT2D eigenvalue weighted by molar-refractivity contribution is 6.30. The minimum atomic E-state index is -2.44. The van der Waals surface area contributed by atoms with E-state index in [0.29, 0.717) is 18.1 Å². The first-order valence-electron chi connectivity index (χ1n) is 5.59. The molecule has 3 nitrogen and oxygen atoms in total. The molecule has 0 aromatic heterocycles. The summed E-state index contributed by atoms with van der Waals surface area (Å²) in [7, 11) is 0. The van der Waals surface area contributed by atoms with E-state index in [1.165, 1.54) is 0 Å². The second kappa shape index (κ2) is 8.37. The van der Waals surface area contributed by atoms with Gasteiger partial charge in [-0.3, -0.25) is 0 Å². The summed E-state index contributed by atoms with van der Waals surface area (Å²) < 4.78 is 28.1. The monoisotopic (exact) mass is 279 g/mol. The molecule has 1 aromatic rings. The van der Waals surface area contributed by atoms with Crippen LogP contribution in [0.5, 0.6) is 0 Å². The molecule has 0 spiro atoms. The molecule has 0 fully saturated rings. The Bertz CT molecular complexity index is 335. The number of aliphatic hydroxyl groups excluding tert-OH is 1. The van der Waals surface area contributed by atoms with Crippen LogP contribution < -0.4 is 5.32 Å². The largest absolute Gasteiger partial charge is 0.387 e. The molecule has 1 aromatic carbocycles. The van der Waals surface area contributed by atoms with Gasteiger partial charge in [-0.05, 0) is 17.7 Å². The maximum atomic E-state index is 11.7. The average molecular weight is 280 g/mol. The van der Waals surface area contributed by atoms with Crippen molar-refractivity contribution in [2.45, 2.75) is 12.5 Å². The lowest BCUT2D eigenvalue weighted by atomic mass is 10.1. The van der Waals surface area contributed by atoms with Crippen LogP contribution in [0.25, 0.3) is 0 Å². The zero-order valence-corrected chi connectivity index (χ0v) is 10.5. The van der Waals surface area contributed by atoms with Crippen LogP contribution >= 0.6 is 11.6 Å². The van der Waals surface area contributed by atoms with Gasteiger partial charge in [0.25, 0.3) is 6.43 Å². The van der Waals surface area contributed by atoms with Gasteiger partial charge in [-0.1, -0.05) is 23.7 Å². The van der Waals surface area contributed by atoms with E-state index >= 15 is 0 Å². The lowest BCUT2D eigenvalue weighted by molar-refractivity contribution is 0.0181. The van der Waals surface area contributed by atoms with Gasteiger partial charge in [-0.25, -0.2) is 8.78 Å². The molecular weight excluding hydrogens is 264 g/mol. The van der Waals surface area contributed by atoms with Crippen LogP contribution in [0.4, 0.5) is 8.78 Å². The molecule has 6 heteroatoms. The number of aliphatic hydroxyl groups is 1. The van der Waals surface area contributed by atoms with E-state index in [1.54, 1.807) is 24.3 Å². The van der Waals surface area contributed by atoms with Gasteiger partial charge < -0.3 is 15.2 Å². The van der Waals surface area contributed by atoms with Gasteiger partial charge in [0.2, 0.25) is 0 Å². The molecule has 0 aliphatic heterocycles. The lowest BCUT2D eigenvalue weighted by Gasteiger charge is -2.12. The molecule has 0 aliphatic rings. The van der Waals surface area contributed by atoms with Crippen molar-refractivity contribution in [3.8, 4) is 0 Å². The second-order valence-electron chi connectivity index (χ2n) is 3.74. The van der Waals surface area contributed by atoms with E-state index in [1.807, 2.05) is 0 Å². The van der Waals surface area contributed by atoms with Crippen LogP contribution in [-0.4, -0.2) is 37.8 Å². The van der Waals surface area contributed by atoms with Gasteiger partial charge in [-0.2, -0.15) is 0 Å². The fraction of sp³-hybridized carbons (Fsp3) is 0.500. The maximum absolute atomic E-state index is 11.7. The first-order chi connectivity index (χ1) is 8.59. The van der Waals surface area contributed by atoms with Gasteiger partial charge in [0.15, 0.2) is 0 Å². The Balaban J connectivity index is 2.13. The van der Waals surface area contributed by atoms with Gasteiger partial charge in [0.1, 0.15) is 6.61 Å². The molecule has 1 unspecified atom stereocenters. The zero-order valence-electron chi connectivity index (χ0n) is 9.78. The number of nitrogens with one attached hydrogen (secondary N) is 1. The van der Waals surface area contributed by atoms with Crippen LogP contribution in [0.15, 0.2) is 24.3 Å². The van der Waals surface area contributed by atoms with E-state index in [-0.39, 0.29) is 6.61 Å². The summed E-state index contributed by atoms with van der Waals surface area (Å²) in [5.41, 5.74) is 0.750. The molecule has 102 valence electrons. The Kier molecular flexibility index (Phi) is 7.12. The molecule has 18 heavy (non-hydrogen) atoms. The van der Waals surface area contributed by atoms with Crippen LogP contribution in [0.1, 0.15) is 11.7 Å². The van der Waals surface area contributed by atoms with Crippen molar-refractivity contribution < 1.29 is 18.6 Å². The number of ether oxygens (including phenoxy) is 1. The van der Waals surface area contributed by atoms with Gasteiger partial charge in [0.05, 0.1) is 12.7 Å². The molecule has 0 saturated carbocycles. The Morgan fingerprint density at radius 3 is 2.56 bits per heavy atom. The van der Waals surface area contributed by atoms with Crippen LogP contribution in [0.2, 0.25) is 5.02 Å². The van der Waals surface area contributed by atoms with Crippen molar-refractivity contribution in [3.63, 3.8) is 0 Å². The van der Waals surface area contributed by atoms with Crippen LogP contribution in [0.3, 0.4) is 0 Å². The summed E-state index contributed by atoms with van der Waals surface area (Å²) in [5.74, 6) is 0. The van der Waals surface area contributed by atoms with E-state index in [2.05, 4.69) is 10.1 Å². The third-order valence-electron chi connectivity index (χ3n) is 2.26. The standard InChI is InChI=1S/C12H16ClF2NO2/c13-10-3-1-9(2-4-10)11(17)7-16-5-6-18-8-12(14)15/h1-4,11-12,16-17H,5-8H2. The first-order valence-corrected chi connectivity index (χ1v) is 5.97. The van der Waals surface area contributed by atoms with E-state index in [9.17, 15) is 13.9 Å². The highest BCUT2D eigenvalue weighted by Gasteiger charge is 2.06.